The highest BCUT2D eigenvalue weighted by Gasteiger charge is 2.24. The van der Waals surface area contributed by atoms with E-state index in [-0.39, 0.29) is 12.0 Å². The Morgan fingerprint density at radius 2 is 2.12 bits per heavy atom. The number of amides is 1. The van der Waals surface area contributed by atoms with Gasteiger partial charge in [-0.25, -0.2) is 0 Å². The molecule has 1 aliphatic carbocycles. The van der Waals surface area contributed by atoms with Crippen molar-refractivity contribution in [3.63, 3.8) is 0 Å². The number of rotatable bonds is 5. The predicted molar refractivity (Wildman–Crippen MR) is 65.3 cm³/mol. The summed E-state index contributed by atoms with van der Waals surface area (Å²) in [4.78, 5) is 11.8. The maximum absolute atomic E-state index is 11.8. The maximum atomic E-state index is 11.8. The summed E-state index contributed by atoms with van der Waals surface area (Å²) in [6, 6.07) is 1.54. The van der Waals surface area contributed by atoms with Crippen molar-refractivity contribution in [3.05, 3.63) is 0 Å². The second-order valence-electron chi connectivity index (χ2n) is 4.65. The second-order valence-corrected chi connectivity index (χ2v) is 4.65. The van der Waals surface area contributed by atoms with Gasteiger partial charge in [-0.05, 0) is 26.2 Å². The molecule has 1 N–H and O–H groups in total. The molecule has 0 aromatic rings. The summed E-state index contributed by atoms with van der Waals surface area (Å²) < 4.78 is 5.83. The van der Waals surface area contributed by atoms with Crippen LogP contribution in [0.2, 0.25) is 0 Å². The number of nitrogens with one attached hydrogen (secondary N) is 1. The van der Waals surface area contributed by atoms with Crippen LogP contribution >= 0.6 is 0 Å². The fourth-order valence-electron chi connectivity index (χ4n) is 2.12. The molecule has 96 valence electrons. The third-order valence-corrected chi connectivity index (χ3v) is 3.12. The second kappa shape index (κ2) is 7.29. The highest BCUT2D eigenvalue weighted by atomic mass is 16.5. The van der Waals surface area contributed by atoms with Crippen molar-refractivity contribution in [1.82, 2.24) is 5.32 Å². The number of ether oxygens (including phenoxy) is 1. The van der Waals surface area contributed by atoms with Crippen LogP contribution in [0.4, 0.5) is 0 Å². The Bertz CT molecular complexity index is 280. The third-order valence-electron chi connectivity index (χ3n) is 3.12. The Kier molecular flexibility index (Phi) is 5.99. The third kappa shape index (κ3) is 4.74. The number of carbonyl (C=O) groups excluding carboxylic acids is 1. The zero-order chi connectivity index (χ0) is 12.7. The van der Waals surface area contributed by atoms with Gasteiger partial charge < -0.3 is 10.1 Å². The molecule has 1 saturated carbocycles. The van der Waals surface area contributed by atoms with Gasteiger partial charge in [-0.3, -0.25) is 4.79 Å². The molecule has 1 fully saturated rings. The largest absolute Gasteiger partial charge is 0.365 e. The van der Waals surface area contributed by atoms with E-state index in [0.717, 1.165) is 12.8 Å². The number of nitrogens with zero attached hydrogens (tertiary/aromatic N) is 1. The van der Waals surface area contributed by atoms with E-state index in [1.54, 1.807) is 6.92 Å². The molecule has 4 heteroatoms. The summed E-state index contributed by atoms with van der Waals surface area (Å²) >= 11 is 0. The topological polar surface area (TPSA) is 62.1 Å². The van der Waals surface area contributed by atoms with Gasteiger partial charge in [0.25, 0.3) is 0 Å². The van der Waals surface area contributed by atoms with Gasteiger partial charge in [0.2, 0.25) is 5.91 Å². The highest BCUT2D eigenvalue weighted by Crippen LogP contribution is 2.22. The summed E-state index contributed by atoms with van der Waals surface area (Å²) in [5.41, 5.74) is 0. The lowest BCUT2D eigenvalue weighted by molar-refractivity contribution is -0.138. The number of hydrogen-bond donors (Lipinski definition) is 1. The smallest absolute Gasteiger partial charge is 0.250 e. The van der Waals surface area contributed by atoms with E-state index in [2.05, 4.69) is 5.32 Å². The zero-order valence-corrected chi connectivity index (χ0v) is 10.7. The molecule has 2 atom stereocenters. The molecule has 17 heavy (non-hydrogen) atoms. The lowest BCUT2D eigenvalue weighted by Crippen LogP contribution is -2.42. The standard InChI is InChI=1S/C13H22N2O2/c1-3-12(13(16)15-10(2)9-14)17-11-7-5-4-6-8-11/h10-12H,3-8H2,1-2H3,(H,15,16)/t10-,12-/m0/s1. The first-order valence-electron chi connectivity index (χ1n) is 6.52. The van der Waals surface area contributed by atoms with Crippen molar-refractivity contribution in [2.45, 2.75) is 70.6 Å². The van der Waals surface area contributed by atoms with Crippen LogP contribution in [0.1, 0.15) is 52.4 Å². The van der Waals surface area contributed by atoms with Crippen molar-refractivity contribution in [2.24, 2.45) is 0 Å². The molecule has 0 bridgehead atoms. The van der Waals surface area contributed by atoms with E-state index in [1.165, 1.54) is 19.3 Å². The molecule has 0 spiro atoms. The molecule has 4 nitrogen and oxygen atoms in total. The fraction of sp³-hybridized carbons (Fsp3) is 0.846. The van der Waals surface area contributed by atoms with Gasteiger partial charge in [-0.15, -0.1) is 0 Å². The Morgan fingerprint density at radius 3 is 2.65 bits per heavy atom. The van der Waals surface area contributed by atoms with Crippen molar-refractivity contribution >= 4 is 5.91 Å². The summed E-state index contributed by atoms with van der Waals surface area (Å²) in [5, 5.41) is 11.3. The van der Waals surface area contributed by atoms with Gasteiger partial charge in [0, 0.05) is 0 Å². The van der Waals surface area contributed by atoms with Crippen molar-refractivity contribution in [3.8, 4) is 6.07 Å². The molecule has 1 aliphatic rings. The van der Waals surface area contributed by atoms with E-state index in [0.29, 0.717) is 6.42 Å². The SMILES string of the molecule is CC[C@H](OC1CCCCC1)C(=O)N[C@@H](C)C#N. The molecule has 0 heterocycles. The van der Waals surface area contributed by atoms with E-state index < -0.39 is 12.1 Å². The molecule has 0 aliphatic heterocycles. The minimum Gasteiger partial charge on any atom is -0.365 e. The van der Waals surface area contributed by atoms with Gasteiger partial charge in [-0.2, -0.15) is 5.26 Å². The fourth-order valence-corrected chi connectivity index (χ4v) is 2.12. The summed E-state index contributed by atoms with van der Waals surface area (Å²) in [6.45, 7) is 3.61. The first-order valence-corrected chi connectivity index (χ1v) is 6.52. The quantitative estimate of drug-likeness (QED) is 0.798. The monoisotopic (exact) mass is 238 g/mol. The van der Waals surface area contributed by atoms with Gasteiger partial charge in [0.1, 0.15) is 12.1 Å². The minimum atomic E-state index is -0.452. The van der Waals surface area contributed by atoms with Crippen LogP contribution in [0.3, 0.4) is 0 Å². The van der Waals surface area contributed by atoms with E-state index >= 15 is 0 Å². The summed E-state index contributed by atoms with van der Waals surface area (Å²) in [5.74, 6) is -0.160. The highest BCUT2D eigenvalue weighted by molar-refractivity contribution is 5.81. The van der Waals surface area contributed by atoms with Gasteiger partial charge in [0.15, 0.2) is 0 Å². The normalized spacial score (nSPS) is 20.3. The lowest BCUT2D eigenvalue weighted by atomic mass is 9.97. The lowest BCUT2D eigenvalue weighted by Gasteiger charge is -2.26. The first kappa shape index (κ1) is 14.0. The number of carbonyl (C=O) groups is 1. The average molecular weight is 238 g/mol. The van der Waals surface area contributed by atoms with Crippen LogP contribution in [0, 0.1) is 11.3 Å². The summed E-state index contributed by atoms with van der Waals surface area (Å²) in [6.07, 6.45) is 6.23. The van der Waals surface area contributed by atoms with Crippen molar-refractivity contribution in [2.75, 3.05) is 0 Å². The molecule has 0 radical (unpaired) electrons. The summed E-state index contributed by atoms with van der Waals surface area (Å²) in [7, 11) is 0. The van der Waals surface area contributed by atoms with Gasteiger partial charge >= 0.3 is 0 Å². The molecule has 0 saturated heterocycles. The van der Waals surface area contributed by atoms with E-state index in [4.69, 9.17) is 10.00 Å². The van der Waals surface area contributed by atoms with Crippen molar-refractivity contribution < 1.29 is 9.53 Å². The molecular weight excluding hydrogens is 216 g/mol. The Balaban J connectivity index is 2.41. The van der Waals surface area contributed by atoms with Gasteiger partial charge in [0.05, 0.1) is 12.2 Å². The molecule has 0 unspecified atom stereocenters. The Labute approximate surface area is 103 Å². The maximum Gasteiger partial charge on any atom is 0.250 e. The van der Waals surface area contributed by atoms with Crippen LogP contribution in [0.5, 0.6) is 0 Å². The number of nitriles is 1. The first-order chi connectivity index (χ1) is 8.17. The Hall–Kier alpha value is -1.08. The number of hydrogen-bond acceptors (Lipinski definition) is 3. The van der Waals surface area contributed by atoms with Crippen LogP contribution < -0.4 is 5.32 Å². The zero-order valence-electron chi connectivity index (χ0n) is 10.7. The average Bonchev–Trinajstić information content (AvgIpc) is 2.36. The van der Waals surface area contributed by atoms with E-state index in [9.17, 15) is 4.79 Å². The predicted octanol–water partition coefficient (Wildman–Crippen LogP) is 2.14. The van der Waals surface area contributed by atoms with Crippen LogP contribution in [0.15, 0.2) is 0 Å². The molecular formula is C13H22N2O2. The molecule has 1 amide bonds. The molecule has 0 aromatic heterocycles. The van der Waals surface area contributed by atoms with E-state index in [1.807, 2.05) is 13.0 Å². The van der Waals surface area contributed by atoms with Crippen LogP contribution in [-0.4, -0.2) is 24.2 Å². The molecule has 0 aromatic carbocycles. The molecule has 1 rings (SSSR count). The minimum absolute atomic E-state index is 0.160. The van der Waals surface area contributed by atoms with Crippen molar-refractivity contribution in [1.29, 1.82) is 5.26 Å². The van der Waals surface area contributed by atoms with Crippen LogP contribution in [-0.2, 0) is 9.53 Å². The van der Waals surface area contributed by atoms with Crippen LogP contribution in [0.25, 0.3) is 0 Å². The Morgan fingerprint density at radius 1 is 1.47 bits per heavy atom. The van der Waals surface area contributed by atoms with Gasteiger partial charge in [-0.1, -0.05) is 26.2 Å².